The molecule has 7 nitrogen and oxygen atoms in total. The molecule has 2 heterocycles. The van der Waals surface area contributed by atoms with Crippen LogP contribution in [0.1, 0.15) is 22.1 Å². The summed E-state index contributed by atoms with van der Waals surface area (Å²) in [5.41, 5.74) is 4.18. The van der Waals surface area contributed by atoms with Gasteiger partial charge in [0.05, 0.1) is 37.7 Å². The van der Waals surface area contributed by atoms with Crippen LogP contribution in [0.5, 0.6) is 5.75 Å². The molecule has 3 aromatic carbocycles. The van der Waals surface area contributed by atoms with Gasteiger partial charge < -0.3 is 14.8 Å². The topological polar surface area (TPSA) is 68.6 Å². The highest BCUT2D eigenvalue weighted by atomic mass is 16.5. The number of rotatable bonds is 8. The summed E-state index contributed by atoms with van der Waals surface area (Å²) in [6, 6.07) is 29.6. The fourth-order valence-corrected chi connectivity index (χ4v) is 4.51. The van der Waals surface area contributed by atoms with Gasteiger partial charge in [-0.05, 0) is 35.9 Å². The van der Waals surface area contributed by atoms with Gasteiger partial charge in [0.15, 0.2) is 0 Å². The number of nitrogens with zero attached hydrogens (tertiary/aromatic N) is 3. The minimum Gasteiger partial charge on any atom is -0.497 e. The van der Waals surface area contributed by atoms with E-state index in [9.17, 15) is 4.79 Å². The molecule has 1 atom stereocenters. The van der Waals surface area contributed by atoms with Gasteiger partial charge in [-0.1, -0.05) is 60.7 Å². The minimum atomic E-state index is -0.166. The van der Waals surface area contributed by atoms with Crippen LogP contribution in [0.3, 0.4) is 0 Å². The Bertz CT molecular complexity index is 1270. The third kappa shape index (κ3) is 5.32. The maximum atomic E-state index is 13.6. The smallest absolute Gasteiger partial charge is 0.270 e. The Morgan fingerprint density at radius 2 is 1.64 bits per heavy atom. The highest BCUT2D eigenvalue weighted by Crippen LogP contribution is 2.25. The summed E-state index contributed by atoms with van der Waals surface area (Å²) in [6.45, 7) is 3.45. The Kier molecular flexibility index (Phi) is 7.40. The van der Waals surface area contributed by atoms with E-state index in [4.69, 9.17) is 14.6 Å². The predicted molar refractivity (Wildman–Crippen MR) is 139 cm³/mol. The molecule has 4 aromatic rings. The van der Waals surface area contributed by atoms with Gasteiger partial charge in [-0.15, -0.1) is 0 Å². The third-order valence-electron chi connectivity index (χ3n) is 6.46. The minimum absolute atomic E-state index is 0.0189. The van der Waals surface area contributed by atoms with Crippen molar-refractivity contribution in [2.45, 2.75) is 6.04 Å². The number of hydrogen-bond acceptors (Lipinski definition) is 5. The monoisotopic (exact) mass is 482 g/mol. The van der Waals surface area contributed by atoms with E-state index in [2.05, 4.69) is 22.3 Å². The van der Waals surface area contributed by atoms with Gasteiger partial charge in [0.1, 0.15) is 11.4 Å². The first-order chi connectivity index (χ1) is 17.7. The Balaban J connectivity index is 1.42. The lowest BCUT2D eigenvalue weighted by atomic mass is 10.0. The van der Waals surface area contributed by atoms with Gasteiger partial charge in [-0.3, -0.25) is 9.69 Å². The van der Waals surface area contributed by atoms with E-state index in [0.717, 1.165) is 41.3 Å². The number of carbonyl (C=O) groups is 1. The Hall–Kier alpha value is -3.94. The predicted octanol–water partition coefficient (Wildman–Crippen LogP) is 4.35. The summed E-state index contributed by atoms with van der Waals surface area (Å²) in [5.74, 6) is 0.643. The molecule has 36 heavy (non-hydrogen) atoms. The van der Waals surface area contributed by atoms with E-state index in [-0.39, 0.29) is 11.9 Å². The molecule has 1 N–H and O–H groups in total. The van der Waals surface area contributed by atoms with Crippen molar-refractivity contribution in [3.63, 3.8) is 0 Å². The first kappa shape index (κ1) is 23.8. The molecule has 0 bridgehead atoms. The Morgan fingerprint density at radius 3 is 2.31 bits per heavy atom. The molecular weight excluding hydrogens is 452 g/mol. The maximum Gasteiger partial charge on any atom is 0.270 e. The fourth-order valence-electron chi connectivity index (χ4n) is 4.51. The van der Waals surface area contributed by atoms with Gasteiger partial charge in [0.2, 0.25) is 0 Å². The quantitative estimate of drug-likeness (QED) is 0.404. The van der Waals surface area contributed by atoms with Crippen molar-refractivity contribution in [3.8, 4) is 22.7 Å². The molecule has 0 saturated carbocycles. The van der Waals surface area contributed by atoms with Gasteiger partial charge in [0.25, 0.3) is 5.91 Å². The van der Waals surface area contributed by atoms with Crippen LogP contribution in [0, 0.1) is 0 Å². The number of aromatic nitrogens is 2. The zero-order valence-corrected chi connectivity index (χ0v) is 20.3. The van der Waals surface area contributed by atoms with Crippen molar-refractivity contribution in [1.29, 1.82) is 0 Å². The number of morpholine rings is 1. The fraction of sp³-hybridized carbons (Fsp3) is 0.241. The van der Waals surface area contributed by atoms with Crippen molar-refractivity contribution >= 4 is 5.91 Å². The molecule has 1 fully saturated rings. The molecule has 1 unspecified atom stereocenters. The highest BCUT2D eigenvalue weighted by Gasteiger charge is 2.25. The second-order valence-electron chi connectivity index (χ2n) is 8.68. The van der Waals surface area contributed by atoms with Crippen LogP contribution in [0.4, 0.5) is 0 Å². The SMILES string of the molecule is COc1ccc(C(CNC(=O)c2cc(-c3ccccc3)nn2-c2ccccc2)N2CCOCC2)cc1. The summed E-state index contributed by atoms with van der Waals surface area (Å²) >= 11 is 0. The number of ether oxygens (including phenoxy) is 2. The molecule has 5 rings (SSSR count). The lowest BCUT2D eigenvalue weighted by molar-refractivity contribution is 0.0162. The van der Waals surface area contributed by atoms with Gasteiger partial charge in [-0.25, -0.2) is 4.68 Å². The number of nitrogens with one attached hydrogen (secondary N) is 1. The van der Waals surface area contributed by atoms with Gasteiger partial charge in [0, 0.05) is 25.2 Å². The van der Waals surface area contributed by atoms with E-state index < -0.39 is 0 Å². The summed E-state index contributed by atoms with van der Waals surface area (Å²) < 4.78 is 12.6. The van der Waals surface area contributed by atoms with Crippen LogP contribution in [0.2, 0.25) is 0 Å². The second kappa shape index (κ2) is 11.2. The van der Waals surface area contributed by atoms with Crippen molar-refractivity contribution in [3.05, 3.63) is 102 Å². The van der Waals surface area contributed by atoms with Crippen molar-refractivity contribution < 1.29 is 14.3 Å². The largest absolute Gasteiger partial charge is 0.497 e. The highest BCUT2D eigenvalue weighted by molar-refractivity contribution is 5.94. The molecule has 184 valence electrons. The molecular formula is C29H30N4O3. The molecule has 1 saturated heterocycles. The van der Waals surface area contributed by atoms with E-state index in [0.29, 0.717) is 25.5 Å². The summed E-state index contributed by atoms with van der Waals surface area (Å²) in [5, 5.41) is 7.97. The maximum absolute atomic E-state index is 13.6. The lowest BCUT2D eigenvalue weighted by Crippen LogP contribution is -2.44. The van der Waals surface area contributed by atoms with Crippen molar-refractivity contribution in [2.24, 2.45) is 0 Å². The van der Waals surface area contributed by atoms with Crippen LogP contribution in [-0.4, -0.2) is 60.5 Å². The summed E-state index contributed by atoms with van der Waals surface area (Å²) in [4.78, 5) is 15.9. The summed E-state index contributed by atoms with van der Waals surface area (Å²) in [7, 11) is 1.66. The number of benzene rings is 3. The molecule has 0 spiro atoms. The van der Waals surface area contributed by atoms with Crippen LogP contribution in [0.15, 0.2) is 91.0 Å². The van der Waals surface area contributed by atoms with E-state index >= 15 is 0 Å². The van der Waals surface area contributed by atoms with Crippen LogP contribution < -0.4 is 10.1 Å². The number of carbonyl (C=O) groups excluding carboxylic acids is 1. The summed E-state index contributed by atoms with van der Waals surface area (Å²) in [6.07, 6.45) is 0. The van der Waals surface area contributed by atoms with Gasteiger partial charge in [-0.2, -0.15) is 5.10 Å². The second-order valence-corrected chi connectivity index (χ2v) is 8.68. The number of para-hydroxylation sites is 1. The van der Waals surface area contributed by atoms with E-state index in [1.807, 2.05) is 78.9 Å². The first-order valence-electron chi connectivity index (χ1n) is 12.2. The van der Waals surface area contributed by atoms with Crippen molar-refractivity contribution in [2.75, 3.05) is 40.0 Å². The van der Waals surface area contributed by atoms with Crippen LogP contribution in [0.25, 0.3) is 16.9 Å². The first-order valence-corrected chi connectivity index (χ1v) is 12.2. The third-order valence-corrected chi connectivity index (χ3v) is 6.46. The zero-order chi connectivity index (χ0) is 24.7. The number of methoxy groups -OCH3 is 1. The number of amides is 1. The van der Waals surface area contributed by atoms with Crippen molar-refractivity contribution in [1.82, 2.24) is 20.0 Å². The number of hydrogen-bond donors (Lipinski definition) is 1. The molecule has 0 radical (unpaired) electrons. The molecule has 1 aliphatic heterocycles. The van der Waals surface area contributed by atoms with E-state index in [1.54, 1.807) is 11.8 Å². The van der Waals surface area contributed by atoms with Crippen LogP contribution in [-0.2, 0) is 4.74 Å². The zero-order valence-electron chi connectivity index (χ0n) is 20.3. The molecule has 0 aliphatic carbocycles. The molecule has 1 aliphatic rings. The van der Waals surface area contributed by atoms with Crippen LogP contribution >= 0.6 is 0 Å². The Labute approximate surface area is 211 Å². The average molecular weight is 483 g/mol. The normalized spacial score (nSPS) is 14.8. The standard InChI is InChI=1S/C29H30N4O3/c1-35-25-14-12-23(13-15-25)28(32-16-18-36-19-17-32)21-30-29(34)27-20-26(22-8-4-2-5-9-22)31-33(27)24-10-6-3-7-11-24/h2-15,20,28H,16-19,21H2,1H3,(H,30,34). The lowest BCUT2D eigenvalue weighted by Gasteiger charge is -2.35. The van der Waals surface area contributed by atoms with E-state index in [1.165, 1.54) is 0 Å². The molecule has 1 aromatic heterocycles. The average Bonchev–Trinajstić information content (AvgIpc) is 3.41. The van der Waals surface area contributed by atoms with Gasteiger partial charge >= 0.3 is 0 Å². The molecule has 1 amide bonds. The molecule has 7 heteroatoms. The Morgan fingerprint density at radius 1 is 0.972 bits per heavy atom.